The van der Waals surface area contributed by atoms with E-state index < -0.39 is 0 Å². The maximum Gasteiger partial charge on any atom is 0.0484 e. The highest BCUT2D eigenvalue weighted by atomic mass is 79.9. The van der Waals surface area contributed by atoms with Gasteiger partial charge in [0.25, 0.3) is 0 Å². The first-order valence-electron chi connectivity index (χ1n) is 4.48. The van der Waals surface area contributed by atoms with Crippen molar-refractivity contribution in [2.45, 2.75) is 0 Å². The van der Waals surface area contributed by atoms with Gasteiger partial charge in [-0.3, -0.25) is 0 Å². The summed E-state index contributed by atoms with van der Waals surface area (Å²) in [4.78, 5) is 0. The number of nitrogens with two attached hydrogens (primary N) is 1. The summed E-state index contributed by atoms with van der Waals surface area (Å²) < 4.78 is 0.901. The molecular formula is C12H9BrClN. The summed E-state index contributed by atoms with van der Waals surface area (Å²) in [5.74, 6) is 0. The van der Waals surface area contributed by atoms with Crippen LogP contribution in [0.5, 0.6) is 0 Å². The molecule has 0 saturated carbocycles. The predicted molar refractivity (Wildman–Crippen MR) is 69.0 cm³/mol. The van der Waals surface area contributed by atoms with Gasteiger partial charge in [0.1, 0.15) is 0 Å². The van der Waals surface area contributed by atoms with Crippen LogP contribution < -0.4 is 5.73 Å². The molecule has 0 bridgehead atoms. The van der Waals surface area contributed by atoms with E-state index in [0.717, 1.165) is 20.6 Å². The van der Waals surface area contributed by atoms with E-state index in [-0.39, 0.29) is 0 Å². The summed E-state index contributed by atoms with van der Waals surface area (Å²) in [6, 6.07) is 13.5. The van der Waals surface area contributed by atoms with Gasteiger partial charge in [-0.25, -0.2) is 0 Å². The third-order valence-electron chi connectivity index (χ3n) is 2.18. The van der Waals surface area contributed by atoms with Gasteiger partial charge in [-0.1, -0.05) is 35.9 Å². The van der Waals surface area contributed by atoms with E-state index in [0.29, 0.717) is 5.69 Å². The molecule has 15 heavy (non-hydrogen) atoms. The Balaban J connectivity index is 2.55. The number of halogens is 2. The third kappa shape index (κ3) is 2.16. The molecule has 0 aliphatic heterocycles. The van der Waals surface area contributed by atoms with Crippen LogP contribution in [0.3, 0.4) is 0 Å². The van der Waals surface area contributed by atoms with Gasteiger partial charge in [0.15, 0.2) is 0 Å². The lowest BCUT2D eigenvalue weighted by molar-refractivity contribution is 1.58. The zero-order valence-corrected chi connectivity index (χ0v) is 10.2. The number of hydrogen-bond acceptors (Lipinski definition) is 1. The highest BCUT2D eigenvalue weighted by Crippen LogP contribution is 2.31. The predicted octanol–water partition coefficient (Wildman–Crippen LogP) is 4.35. The molecule has 2 rings (SSSR count). The van der Waals surface area contributed by atoms with Crippen LogP contribution in [-0.4, -0.2) is 0 Å². The van der Waals surface area contributed by atoms with Gasteiger partial charge < -0.3 is 5.73 Å². The summed E-state index contributed by atoms with van der Waals surface area (Å²) in [5, 5.41) is 0.735. The summed E-state index contributed by atoms with van der Waals surface area (Å²) in [5.41, 5.74) is 8.56. The molecule has 0 aliphatic rings. The molecule has 0 atom stereocenters. The average Bonchev–Trinajstić information content (AvgIpc) is 2.23. The second kappa shape index (κ2) is 4.25. The van der Waals surface area contributed by atoms with Crippen molar-refractivity contribution in [2.75, 3.05) is 5.73 Å². The molecule has 2 aromatic carbocycles. The van der Waals surface area contributed by atoms with Crippen molar-refractivity contribution >= 4 is 33.2 Å². The fraction of sp³-hybridized carbons (Fsp3) is 0. The molecule has 0 fully saturated rings. The molecule has 0 aromatic heterocycles. The largest absolute Gasteiger partial charge is 0.398 e. The first kappa shape index (κ1) is 10.5. The summed E-state index contributed by atoms with van der Waals surface area (Å²) in [6.45, 7) is 0. The first-order valence-corrected chi connectivity index (χ1v) is 5.65. The minimum atomic E-state index is 0.715. The molecular weight excluding hydrogens is 273 g/mol. The van der Waals surface area contributed by atoms with Crippen molar-refractivity contribution in [3.05, 3.63) is 52.0 Å². The Hall–Kier alpha value is -0.990. The van der Waals surface area contributed by atoms with Crippen LogP contribution in [-0.2, 0) is 0 Å². The van der Waals surface area contributed by atoms with Gasteiger partial charge >= 0.3 is 0 Å². The Morgan fingerprint density at radius 3 is 2.47 bits per heavy atom. The normalized spacial score (nSPS) is 10.3. The van der Waals surface area contributed by atoms with E-state index >= 15 is 0 Å². The number of nitrogen functional groups attached to an aromatic ring is 1. The second-order valence-electron chi connectivity index (χ2n) is 3.22. The average molecular weight is 283 g/mol. The summed E-state index contributed by atoms with van der Waals surface area (Å²) in [6.07, 6.45) is 0. The van der Waals surface area contributed by atoms with Crippen LogP contribution in [0.15, 0.2) is 46.9 Å². The number of benzene rings is 2. The van der Waals surface area contributed by atoms with Gasteiger partial charge in [-0.2, -0.15) is 0 Å². The first-order chi connectivity index (χ1) is 7.18. The van der Waals surface area contributed by atoms with Crippen molar-refractivity contribution in [3.63, 3.8) is 0 Å². The van der Waals surface area contributed by atoms with Crippen molar-refractivity contribution in [3.8, 4) is 11.1 Å². The standard InChI is InChI=1S/C12H9BrClN/c13-10-6-5-8(7-12(10)15)9-3-1-2-4-11(9)14/h1-7H,15H2. The lowest BCUT2D eigenvalue weighted by atomic mass is 10.1. The lowest BCUT2D eigenvalue weighted by Crippen LogP contribution is -1.87. The number of rotatable bonds is 1. The topological polar surface area (TPSA) is 26.0 Å². The van der Waals surface area contributed by atoms with E-state index in [4.69, 9.17) is 17.3 Å². The Bertz CT molecular complexity index is 497. The van der Waals surface area contributed by atoms with Gasteiger partial charge in [0, 0.05) is 20.7 Å². The van der Waals surface area contributed by atoms with Gasteiger partial charge in [0.05, 0.1) is 0 Å². The maximum absolute atomic E-state index is 6.10. The van der Waals surface area contributed by atoms with Gasteiger partial charge in [-0.15, -0.1) is 0 Å². The van der Waals surface area contributed by atoms with E-state index in [2.05, 4.69) is 15.9 Å². The smallest absolute Gasteiger partial charge is 0.0484 e. The molecule has 2 aromatic rings. The van der Waals surface area contributed by atoms with Crippen LogP contribution in [0.4, 0.5) is 5.69 Å². The SMILES string of the molecule is Nc1cc(-c2ccccc2Cl)ccc1Br. The minimum absolute atomic E-state index is 0.715. The molecule has 2 N–H and O–H groups in total. The monoisotopic (exact) mass is 281 g/mol. The van der Waals surface area contributed by atoms with Crippen LogP contribution in [0.2, 0.25) is 5.02 Å². The Morgan fingerprint density at radius 1 is 1.07 bits per heavy atom. The highest BCUT2D eigenvalue weighted by Gasteiger charge is 2.03. The van der Waals surface area contributed by atoms with Crippen molar-refractivity contribution < 1.29 is 0 Å². The van der Waals surface area contributed by atoms with Crippen molar-refractivity contribution in [2.24, 2.45) is 0 Å². The lowest BCUT2D eigenvalue weighted by Gasteiger charge is -2.06. The Kier molecular flexibility index (Phi) is 2.98. The van der Waals surface area contributed by atoms with E-state index in [1.54, 1.807) is 0 Å². The second-order valence-corrected chi connectivity index (χ2v) is 4.48. The molecule has 0 radical (unpaired) electrons. The van der Waals surface area contributed by atoms with E-state index in [1.807, 2.05) is 42.5 Å². The van der Waals surface area contributed by atoms with Crippen LogP contribution in [0.25, 0.3) is 11.1 Å². The van der Waals surface area contributed by atoms with Crippen LogP contribution in [0.1, 0.15) is 0 Å². The van der Waals surface area contributed by atoms with Crippen molar-refractivity contribution in [1.82, 2.24) is 0 Å². The van der Waals surface area contributed by atoms with Gasteiger partial charge in [-0.05, 0) is 39.7 Å². The third-order valence-corrected chi connectivity index (χ3v) is 3.23. The summed E-state index contributed by atoms with van der Waals surface area (Å²) in [7, 11) is 0. The van der Waals surface area contributed by atoms with Gasteiger partial charge in [0.2, 0.25) is 0 Å². The zero-order chi connectivity index (χ0) is 10.8. The molecule has 76 valence electrons. The molecule has 0 amide bonds. The van der Waals surface area contributed by atoms with Crippen LogP contribution >= 0.6 is 27.5 Å². The summed E-state index contributed by atoms with van der Waals surface area (Å²) >= 11 is 9.46. The molecule has 3 heteroatoms. The maximum atomic E-state index is 6.10. The quantitative estimate of drug-likeness (QED) is 0.773. The minimum Gasteiger partial charge on any atom is -0.398 e. The Labute approximate surface area is 102 Å². The molecule has 1 nitrogen and oxygen atoms in total. The van der Waals surface area contributed by atoms with E-state index in [1.165, 1.54) is 0 Å². The Morgan fingerprint density at radius 2 is 1.80 bits per heavy atom. The molecule has 0 saturated heterocycles. The molecule has 0 spiro atoms. The number of hydrogen-bond donors (Lipinski definition) is 1. The van der Waals surface area contributed by atoms with E-state index in [9.17, 15) is 0 Å². The highest BCUT2D eigenvalue weighted by molar-refractivity contribution is 9.10. The molecule has 0 heterocycles. The zero-order valence-electron chi connectivity index (χ0n) is 7.87. The fourth-order valence-electron chi connectivity index (χ4n) is 1.41. The number of anilines is 1. The molecule has 0 unspecified atom stereocenters. The molecule has 0 aliphatic carbocycles. The fourth-order valence-corrected chi connectivity index (χ4v) is 1.90. The van der Waals surface area contributed by atoms with Crippen molar-refractivity contribution in [1.29, 1.82) is 0 Å². The van der Waals surface area contributed by atoms with Crippen LogP contribution in [0, 0.1) is 0 Å².